The van der Waals surface area contributed by atoms with Crippen molar-refractivity contribution < 1.29 is 0 Å². The third-order valence-corrected chi connectivity index (χ3v) is 2.79. The van der Waals surface area contributed by atoms with Crippen molar-refractivity contribution in [3.63, 3.8) is 0 Å². The molecule has 3 N–H and O–H groups in total. The highest BCUT2D eigenvalue weighted by molar-refractivity contribution is 7.14. The lowest BCUT2D eigenvalue weighted by Gasteiger charge is -2.12. The largest absolute Gasteiger partial charge is 0.390 e. The molecule has 54 valence electrons. The number of rotatable bonds is 0. The molecule has 3 heteroatoms. The number of fused-ring (bicyclic) bond motifs is 1. The van der Waals surface area contributed by atoms with Crippen LogP contribution < -0.4 is 11.1 Å². The summed E-state index contributed by atoms with van der Waals surface area (Å²) in [6, 6.07) is 0. The van der Waals surface area contributed by atoms with Gasteiger partial charge in [0, 0.05) is 12.1 Å². The Balaban J connectivity index is 2.45. The fourth-order valence-electron chi connectivity index (χ4n) is 1.28. The maximum atomic E-state index is 5.74. The Hall–Kier alpha value is -0.540. The minimum Gasteiger partial charge on any atom is -0.390 e. The molecule has 1 aliphatic rings. The van der Waals surface area contributed by atoms with Gasteiger partial charge in [0.05, 0.1) is 5.00 Å². The van der Waals surface area contributed by atoms with Gasteiger partial charge in [-0.3, -0.25) is 0 Å². The monoisotopic (exact) mass is 154 g/mol. The summed E-state index contributed by atoms with van der Waals surface area (Å²) in [4.78, 5) is 0. The normalized spacial score (nSPS) is 16.8. The Labute approximate surface area is 64.1 Å². The summed E-state index contributed by atoms with van der Waals surface area (Å²) in [7, 11) is 0. The first-order valence-electron chi connectivity index (χ1n) is 3.43. The standard InChI is InChI=1S/C7H10N2S/c8-7-6-3-9-2-1-5(6)4-10-7/h4,9H,1-3,8H2. The molecule has 10 heavy (non-hydrogen) atoms. The highest BCUT2D eigenvalue weighted by atomic mass is 32.1. The summed E-state index contributed by atoms with van der Waals surface area (Å²) in [6.07, 6.45) is 1.14. The number of anilines is 1. The van der Waals surface area contributed by atoms with Crippen LogP contribution in [0.1, 0.15) is 11.1 Å². The van der Waals surface area contributed by atoms with Crippen molar-refractivity contribution in [1.82, 2.24) is 5.32 Å². The molecule has 0 saturated heterocycles. The van der Waals surface area contributed by atoms with Gasteiger partial charge in [0.25, 0.3) is 0 Å². The summed E-state index contributed by atoms with van der Waals surface area (Å²) in [5.41, 5.74) is 8.52. The van der Waals surface area contributed by atoms with Gasteiger partial charge in [0.2, 0.25) is 0 Å². The van der Waals surface area contributed by atoms with E-state index in [2.05, 4.69) is 10.7 Å². The zero-order valence-electron chi connectivity index (χ0n) is 5.68. The van der Waals surface area contributed by atoms with E-state index in [-0.39, 0.29) is 0 Å². The van der Waals surface area contributed by atoms with Crippen molar-refractivity contribution in [1.29, 1.82) is 0 Å². The molecule has 0 saturated carbocycles. The van der Waals surface area contributed by atoms with Crippen LogP contribution in [0.5, 0.6) is 0 Å². The Morgan fingerprint density at radius 2 is 2.50 bits per heavy atom. The van der Waals surface area contributed by atoms with Gasteiger partial charge in [-0.25, -0.2) is 0 Å². The molecule has 0 aliphatic carbocycles. The van der Waals surface area contributed by atoms with Gasteiger partial charge in [-0.05, 0) is 23.9 Å². The average Bonchev–Trinajstić information content (AvgIpc) is 2.34. The number of nitrogens with two attached hydrogens (primary N) is 1. The molecule has 2 rings (SSSR count). The number of nitrogens with one attached hydrogen (secondary N) is 1. The predicted molar refractivity (Wildman–Crippen MR) is 44.1 cm³/mol. The SMILES string of the molecule is Nc1scc2c1CNCC2. The second kappa shape index (κ2) is 2.25. The van der Waals surface area contributed by atoms with Crippen LogP contribution in [-0.2, 0) is 13.0 Å². The summed E-state index contributed by atoms with van der Waals surface area (Å²) < 4.78 is 0. The molecule has 0 aromatic carbocycles. The first-order chi connectivity index (χ1) is 4.88. The van der Waals surface area contributed by atoms with Crippen molar-refractivity contribution in [2.24, 2.45) is 0 Å². The Bertz CT molecular complexity index is 242. The van der Waals surface area contributed by atoms with Crippen LogP contribution in [0.15, 0.2) is 5.38 Å². The molecular formula is C7H10N2S. The van der Waals surface area contributed by atoms with Gasteiger partial charge in [-0.2, -0.15) is 0 Å². The van der Waals surface area contributed by atoms with E-state index in [4.69, 9.17) is 5.73 Å². The maximum absolute atomic E-state index is 5.74. The van der Waals surface area contributed by atoms with Crippen molar-refractivity contribution in [2.45, 2.75) is 13.0 Å². The van der Waals surface area contributed by atoms with Gasteiger partial charge >= 0.3 is 0 Å². The van der Waals surface area contributed by atoms with E-state index < -0.39 is 0 Å². The predicted octanol–water partition coefficient (Wildman–Crippen LogP) is 0.976. The van der Waals surface area contributed by atoms with Crippen LogP contribution in [0.3, 0.4) is 0 Å². The topological polar surface area (TPSA) is 38.0 Å². The van der Waals surface area contributed by atoms with E-state index in [9.17, 15) is 0 Å². The van der Waals surface area contributed by atoms with Crippen LogP contribution in [0.4, 0.5) is 5.00 Å². The van der Waals surface area contributed by atoms with Crippen molar-refractivity contribution >= 4 is 16.3 Å². The summed E-state index contributed by atoms with van der Waals surface area (Å²) >= 11 is 1.66. The van der Waals surface area contributed by atoms with E-state index in [1.807, 2.05) is 0 Å². The van der Waals surface area contributed by atoms with Crippen LogP contribution >= 0.6 is 11.3 Å². The van der Waals surface area contributed by atoms with Gasteiger partial charge in [-0.15, -0.1) is 11.3 Å². The highest BCUT2D eigenvalue weighted by Crippen LogP contribution is 2.26. The molecule has 1 aromatic rings. The quantitative estimate of drug-likeness (QED) is 0.584. The minimum atomic E-state index is 0.963. The van der Waals surface area contributed by atoms with Crippen LogP contribution in [0.2, 0.25) is 0 Å². The Morgan fingerprint density at radius 3 is 3.30 bits per heavy atom. The molecule has 0 radical (unpaired) electrons. The zero-order chi connectivity index (χ0) is 6.97. The van der Waals surface area contributed by atoms with E-state index in [1.165, 1.54) is 11.1 Å². The van der Waals surface area contributed by atoms with E-state index in [0.717, 1.165) is 24.5 Å². The average molecular weight is 154 g/mol. The molecule has 0 bridgehead atoms. The lowest BCUT2D eigenvalue weighted by atomic mass is 10.1. The summed E-state index contributed by atoms with van der Waals surface area (Å²) in [5, 5.41) is 6.45. The first kappa shape index (κ1) is 6.19. The number of thiophene rings is 1. The van der Waals surface area contributed by atoms with Crippen LogP contribution in [0.25, 0.3) is 0 Å². The molecule has 0 amide bonds. The zero-order valence-corrected chi connectivity index (χ0v) is 6.50. The molecule has 2 nitrogen and oxygen atoms in total. The minimum absolute atomic E-state index is 0.963. The molecule has 1 aromatic heterocycles. The lowest BCUT2D eigenvalue weighted by Crippen LogP contribution is -2.22. The first-order valence-corrected chi connectivity index (χ1v) is 4.31. The molecule has 0 unspecified atom stereocenters. The fraction of sp³-hybridized carbons (Fsp3) is 0.429. The van der Waals surface area contributed by atoms with E-state index >= 15 is 0 Å². The molecule has 2 heterocycles. The summed E-state index contributed by atoms with van der Waals surface area (Å²) in [6.45, 7) is 2.06. The maximum Gasteiger partial charge on any atom is 0.0904 e. The van der Waals surface area contributed by atoms with Crippen LogP contribution in [-0.4, -0.2) is 6.54 Å². The lowest BCUT2D eigenvalue weighted by molar-refractivity contribution is 0.649. The molecule has 0 spiro atoms. The molecule has 0 fully saturated rings. The van der Waals surface area contributed by atoms with Crippen LogP contribution in [0, 0.1) is 0 Å². The molecule has 1 aliphatic heterocycles. The smallest absolute Gasteiger partial charge is 0.0904 e. The number of hydrogen-bond donors (Lipinski definition) is 2. The third-order valence-electron chi connectivity index (χ3n) is 1.89. The third kappa shape index (κ3) is 0.822. The molecular weight excluding hydrogens is 144 g/mol. The van der Waals surface area contributed by atoms with E-state index in [1.54, 1.807) is 11.3 Å². The second-order valence-electron chi connectivity index (χ2n) is 2.53. The highest BCUT2D eigenvalue weighted by Gasteiger charge is 2.12. The van der Waals surface area contributed by atoms with E-state index in [0.29, 0.717) is 0 Å². The van der Waals surface area contributed by atoms with Gasteiger partial charge in [0.1, 0.15) is 0 Å². The van der Waals surface area contributed by atoms with Crippen molar-refractivity contribution in [3.05, 3.63) is 16.5 Å². The van der Waals surface area contributed by atoms with Gasteiger partial charge in [0.15, 0.2) is 0 Å². The Kier molecular flexibility index (Phi) is 1.39. The van der Waals surface area contributed by atoms with Crippen molar-refractivity contribution in [2.75, 3.05) is 12.3 Å². The Morgan fingerprint density at radius 1 is 1.60 bits per heavy atom. The summed E-state index contributed by atoms with van der Waals surface area (Å²) in [5.74, 6) is 0. The van der Waals surface area contributed by atoms with Gasteiger partial charge in [-0.1, -0.05) is 0 Å². The number of nitrogen functional groups attached to an aromatic ring is 1. The second-order valence-corrected chi connectivity index (χ2v) is 3.44. The van der Waals surface area contributed by atoms with Crippen molar-refractivity contribution in [3.8, 4) is 0 Å². The number of hydrogen-bond acceptors (Lipinski definition) is 3. The van der Waals surface area contributed by atoms with Gasteiger partial charge < -0.3 is 11.1 Å². The molecule has 0 atom stereocenters. The fourth-order valence-corrected chi connectivity index (χ4v) is 2.16.